The van der Waals surface area contributed by atoms with Gasteiger partial charge in [-0.3, -0.25) is 14.5 Å². The molecule has 0 radical (unpaired) electrons. The number of aryl methyl sites for hydroxylation is 1. The number of hydrogen-bond donors (Lipinski definition) is 1. The number of aromatic amines is 1. The number of rotatable bonds is 5. The van der Waals surface area contributed by atoms with Crippen molar-refractivity contribution in [3.05, 3.63) is 58.3 Å². The van der Waals surface area contributed by atoms with Gasteiger partial charge in [-0.05, 0) is 57.5 Å². The van der Waals surface area contributed by atoms with Crippen LogP contribution in [0.1, 0.15) is 29.7 Å². The summed E-state index contributed by atoms with van der Waals surface area (Å²) >= 11 is 0. The molecule has 1 amide bonds. The molecule has 6 rings (SSSR count). The molecule has 3 aromatic rings. The molecule has 2 fully saturated rings. The summed E-state index contributed by atoms with van der Waals surface area (Å²) in [4.78, 5) is 39.2. The van der Waals surface area contributed by atoms with Crippen molar-refractivity contribution in [2.45, 2.75) is 45.3 Å². The SMILES string of the molecule is C=CC(=O)N1CCN(c2nc(=O)n(C[C@@H]3CCCN3C)c3c2CCN(c2c(C)ccc4[nH]ncc24)C3)CC1. The zero-order valence-electron chi connectivity index (χ0n) is 22.3. The van der Waals surface area contributed by atoms with E-state index in [1.807, 2.05) is 15.7 Å². The molecule has 1 N–H and O–H groups in total. The summed E-state index contributed by atoms with van der Waals surface area (Å²) in [7, 11) is 2.15. The largest absolute Gasteiger partial charge is 0.365 e. The number of carbonyl (C=O) groups excluding carboxylic acids is 1. The average Bonchev–Trinajstić information content (AvgIpc) is 3.58. The Morgan fingerprint density at radius 1 is 1.16 bits per heavy atom. The molecule has 5 heterocycles. The lowest BCUT2D eigenvalue weighted by molar-refractivity contribution is -0.126. The van der Waals surface area contributed by atoms with Crippen LogP contribution in [0.4, 0.5) is 11.5 Å². The molecule has 200 valence electrons. The van der Waals surface area contributed by atoms with Gasteiger partial charge in [-0.15, -0.1) is 0 Å². The van der Waals surface area contributed by atoms with Gasteiger partial charge in [0.25, 0.3) is 0 Å². The Balaban J connectivity index is 1.39. The van der Waals surface area contributed by atoms with Crippen molar-refractivity contribution >= 4 is 28.3 Å². The van der Waals surface area contributed by atoms with Gasteiger partial charge < -0.3 is 19.6 Å². The minimum Gasteiger partial charge on any atom is -0.365 e. The Bertz CT molecular complexity index is 1430. The summed E-state index contributed by atoms with van der Waals surface area (Å²) < 4.78 is 1.94. The quantitative estimate of drug-likeness (QED) is 0.518. The number of carbonyl (C=O) groups is 1. The maximum Gasteiger partial charge on any atom is 0.349 e. The molecule has 0 bridgehead atoms. The monoisotopic (exact) mass is 516 g/mol. The number of piperazine rings is 1. The van der Waals surface area contributed by atoms with Crippen LogP contribution in [-0.4, -0.2) is 87.8 Å². The fourth-order valence-electron chi connectivity index (χ4n) is 6.43. The molecule has 2 saturated heterocycles. The van der Waals surface area contributed by atoms with E-state index in [9.17, 15) is 9.59 Å². The van der Waals surface area contributed by atoms with Gasteiger partial charge in [-0.25, -0.2) is 4.79 Å². The number of likely N-dealkylation sites (N-methyl/N-ethyl adjacent to an activating group) is 1. The second-order valence-corrected chi connectivity index (χ2v) is 10.8. The average molecular weight is 517 g/mol. The lowest BCUT2D eigenvalue weighted by Crippen LogP contribution is -2.50. The van der Waals surface area contributed by atoms with Crippen LogP contribution in [-0.2, 0) is 24.3 Å². The third-order valence-electron chi connectivity index (χ3n) is 8.59. The van der Waals surface area contributed by atoms with Gasteiger partial charge in [0, 0.05) is 62.0 Å². The summed E-state index contributed by atoms with van der Waals surface area (Å²) in [6.07, 6.45) is 6.32. The van der Waals surface area contributed by atoms with Gasteiger partial charge in [0.1, 0.15) is 5.82 Å². The zero-order valence-corrected chi connectivity index (χ0v) is 22.3. The third-order valence-corrected chi connectivity index (χ3v) is 8.59. The summed E-state index contributed by atoms with van der Waals surface area (Å²) in [5.41, 5.74) is 5.45. The van der Waals surface area contributed by atoms with Crippen LogP contribution in [0.3, 0.4) is 0 Å². The molecule has 3 aliphatic heterocycles. The first kappa shape index (κ1) is 24.7. The Kier molecular flexibility index (Phi) is 6.43. The van der Waals surface area contributed by atoms with Crippen LogP contribution >= 0.6 is 0 Å². The van der Waals surface area contributed by atoms with Gasteiger partial charge in [-0.1, -0.05) is 12.6 Å². The van der Waals surface area contributed by atoms with E-state index in [0.717, 1.165) is 54.8 Å². The first-order valence-electron chi connectivity index (χ1n) is 13.6. The Morgan fingerprint density at radius 2 is 1.97 bits per heavy atom. The van der Waals surface area contributed by atoms with Crippen molar-refractivity contribution in [2.75, 3.05) is 56.1 Å². The van der Waals surface area contributed by atoms with Gasteiger partial charge in [0.15, 0.2) is 0 Å². The molecule has 2 aromatic heterocycles. The third kappa shape index (κ3) is 4.26. The highest BCUT2D eigenvalue weighted by atomic mass is 16.2. The highest BCUT2D eigenvalue weighted by Crippen LogP contribution is 2.35. The van der Waals surface area contributed by atoms with E-state index < -0.39 is 0 Å². The Hall–Kier alpha value is -3.66. The standard InChI is InChI=1S/C28H36N8O2/c1-4-25(37)33-12-14-34(15-13-33)27-21-9-11-35(26-19(2)7-8-23-22(26)16-29-31-23)18-24(21)36(28(38)30-27)17-20-6-5-10-32(20)3/h4,7-8,16,20H,1,5-6,9-15,17-18H2,2-3H3,(H,29,31)/t20-/m0/s1. The van der Waals surface area contributed by atoms with E-state index in [1.165, 1.54) is 22.9 Å². The van der Waals surface area contributed by atoms with Crippen LogP contribution in [0.2, 0.25) is 0 Å². The molecular formula is C28H36N8O2. The number of H-pyrrole nitrogens is 1. The number of hydrogen-bond acceptors (Lipinski definition) is 7. The minimum atomic E-state index is -0.177. The van der Waals surface area contributed by atoms with Crippen molar-refractivity contribution in [3.8, 4) is 0 Å². The van der Waals surface area contributed by atoms with Crippen molar-refractivity contribution in [3.63, 3.8) is 0 Å². The van der Waals surface area contributed by atoms with Crippen molar-refractivity contribution in [1.82, 2.24) is 29.5 Å². The van der Waals surface area contributed by atoms with Gasteiger partial charge >= 0.3 is 5.69 Å². The smallest absolute Gasteiger partial charge is 0.349 e. The van der Waals surface area contributed by atoms with E-state index in [-0.39, 0.29) is 11.6 Å². The lowest BCUT2D eigenvalue weighted by Gasteiger charge is -2.39. The molecular weight excluding hydrogens is 480 g/mol. The Labute approximate surface area is 222 Å². The van der Waals surface area contributed by atoms with Crippen molar-refractivity contribution < 1.29 is 4.79 Å². The molecule has 38 heavy (non-hydrogen) atoms. The van der Waals surface area contributed by atoms with E-state index in [2.05, 4.69) is 62.6 Å². The molecule has 0 saturated carbocycles. The van der Waals surface area contributed by atoms with E-state index in [0.29, 0.717) is 45.3 Å². The number of nitrogens with zero attached hydrogens (tertiary/aromatic N) is 7. The van der Waals surface area contributed by atoms with Crippen LogP contribution in [0.15, 0.2) is 35.8 Å². The van der Waals surface area contributed by atoms with Crippen LogP contribution < -0.4 is 15.5 Å². The number of fused-ring (bicyclic) bond motifs is 2. The first-order chi connectivity index (χ1) is 18.4. The molecule has 0 unspecified atom stereocenters. The normalized spacial score (nSPS) is 20.3. The molecule has 0 aliphatic carbocycles. The number of amides is 1. The van der Waals surface area contributed by atoms with Gasteiger partial charge in [0.05, 0.1) is 23.9 Å². The number of nitrogens with one attached hydrogen (secondary N) is 1. The summed E-state index contributed by atoms with van der Waals surface area (Å²) in [5.74, 6) is 0.750. The zero-order chi connectivity index (χ0) is 26.4. The van der Waals surface area contributed by atoms with E-state index >= 15 is 0 Å². The summed E-state index contributed by atoms with van der Waals surface area (Å²) in [6, 6.07) is 4.55. The lowest BCUT2D eigenvalue weighted by atomic mass is 10.0. The predicted molar refractivity (Wildman–Crippen MR) is 149 cm³/mol. The number of anilines is 2. The van der Waals surface area contributed by atoms with Gasteiger partial charge in [-0.2, -0.15) is 10.1 Å². The molecule has 0 spiro atoms. The fraction of sp³-hybridized carbons (Fsp3) is 0.500. The van der Waals surface area contributed by atoms with E-state index in [1.54, 1.807) is 0 Å². The van der Waals surface area contributed by atoms with Crippen LogP contribution in [0.5, 0.6) is 0 Å². The van der Waals surface area contributed by atoms with Crippen LogP contribution in [0, 0.1) is 6.92 Å². The fourth-order valence-corrected chi connectivity index (χ4v) is 6.43. The maximum atomic E-state index is 13.6. The maximum absolute atomic E-state index is 13.6. The molecule has 1 atom stereocenters. The summed E-state index contributed by atoms with van der Waals surface area (Å²) in [6.45, 7) is 11.5. The van der Waals surface area contributed by atoms with E-state index in [4.69, 9.17) is 0 Å². The number of benzene rings is 1. The molecule has 3 aliphatic rings. The Morgan fingerprint density at radius 3 is 2.71 bits per heavy atom. The molecule has 10 heteroatoms. The highest BCUT2D eigenvalue weighted by molar-refractivity contribution is 5.93. The molecule has 1 aromatic carbocycles. The topological polar surface area (TPSA) is 93.6 Å². The summed E-state index contributed by atoms with van der Waals surface area (Å²) in [5, 5.41) is 8.49. The van der Waals surface area contributed by atoms with Crippen molar-refractivity contribution in [2.24, 2.45) is 0 Å². The van der Waals surface area contributed by atoms with Gasteiger partial charge in [0.2, 0.25) is 5.91 Å². The second-order valence-electron chi connectivity index (χ2n) is 10.8. The number of aromatic nitrogens is 4. The van der Waals surface area contributed by atoms with Crippen molar-refractivity contribution in [1.29, 1.82) is 0 Å². The highest BCUT2D eigenvalue weighted by Gasteiger charge is 2.31. The van der Waals surface area contributed by atoms with Crippen LogP contribution in [0.25, 0.3) is 10.9 Å². The second kappa shape index (κ2) is 9.90. The first-order valence-corrected chi connectivity index (χ1v) is 13.6. The number of likely N-dealkylation sites (tertiary alicyclic amines) is 1. The minimum absolute atomic E-state index is 0.0461. The molecule has 10 nitrogen and oxygen atoms in total. The predicted octanol–water partition coefficient (Wildman–Crippen LogP) is 1.92.